The molecule has 0 aliphatic carbocycles. The van der Waals surface area contributed by atoms with Gasteiger partial charge in [0.15, 0.2) is 0 Å². The van der Waals surface area contributed by atoms with Crippen LogP contribution in [0.4, 0.5) is 0 Å². The van der Waals surface area contributed by atoms with Gasteiger partial charge in [-0.25, -0.2) is 17.5 Å². The maximum Gasteiger partial charge on any atom is 0.337 e. The Morgan fingerprint density at radius 2 is 2.00 bits per heavy atom. The van der Waals surface area contributed by atoms with Gasteiger partial charge in [0.25, 0.3) is 15.9 Å². The SMILES string of the molecule is COC(=O)c1ccc2c(c1)S(=O)(=O)N(CCN(C)C)C2=O. The van der Waals surface area contributed by atoms with Gasteiger partial charge in [0, 0.05) is 6.54 Å². The molecule has 8 heteroatoms. The molecular formula is C13H16N2O5S. The second-order valence-electron chi connectivity index (χ2n) is 4.89. The first kappa shape index (κ1) is 15.5. The summed E-state index contributed by atoms with van der Waals surface area (Å²) in [6.45, 7) is 0.485. The van der Waals surface area contributed by atoms with Crippen LogP contribution in [0.2, 0.25) is 0 Å². The van der Waals surface area contributed by atoms with Crippen molar-refractivity contribution >= 4 is 21.9 Å². The Labute approximate surface area is 123 Å². The van der Waals surface area contributed by atoms with Crippen molar-refractivity contribution in [2.75, 3.05) is 34.3 Å². The Hall–Kier alpha value is -1.93. The van der Waals surface area contributed by atoms with Crippen LogP contribution in [-0.4, -0.2) is 63.8 Å². The van der Waals surface area contributed by atoms with Crippen LogP contribution in [0.1, 0.15) is 20.7 Å². The smallest absolute Gasteiger partial charge is 0.337 e. The maximum absolute atomic E-state index is 12.4. The van der Waals surface area contributed by atoms with E-state index in [0.29, 0.717) is 6.54 Å². The van der Waals surface area contributed by atoms with Crippen molar-refractivity contribution in [2.24, 2.45) is 0 Å². The van der Waals surface area contributed by atoms with Crippen LogP contribution in [-0.2, 0) is 14.8 Å². The number of esters is 1. The predicted octanol–water partition coefficient (Wildman–Crippen LogP) is 0.179. The molecule has 0 bridgehead atoms. The Kier molecular flexibility index (Phi) is 4.02. The third-order valence-corrected chi connectivity index (χ3v) is 5.00. The fraction of sp³-hybridized carbons (Fsp3) is 0.385. The molecule has 0 saturated carbocycles. The van der Waals surface area contributed by atoms with E-state index < -0.39 is 21.9 Å². The van der Waals surface area contributed by atoms with E-state index in [4.69, 9.17) is 0 Å². The lowest BCUT2D eigenvalue weighted by atomic mass is 10.1. The number of hydrogen-bond acceptors (Lipinski definition) is 6. The van der Waals surface area contributed by atoms with Gasteiger partial charge in [-0.1, -0.05) is 0 Å². The van der Waals surface area contributed by atoms with Crippen molar-refractivity contribution in [1.29, 1.82) is 0 Å². The van der Waals surface area contributed by atoms with E-state index >= 15 is 0 Å². The van der Waals surface area contributed by atoms with E-state index in [1.54, 1.807) is 19.0 Å². The normalized spacial score (nSPS) is 16.2. The van der Waals surface area contributed by atoms with E-state index in [9.17, 15) is 18.0 Å². The molecule has 0 unspecified atom stereocenters. The molecule has 21 heavy (non-hydrogen) atoms. The average molecular weight is 312 g/mol. The highest BCUT2D eigenvalue weighted by molar-refractivity contribution is 7.90. The largest absolute Gasteiger partial charge is 0.465 e. The molecule has 0 spiro atoms. The molecule has 1 amide bonds. The number of sulfonamides is 1. The topological polar surface area (TPSA) is 84.0 Å². The van der Waals surface area contributed by atoms with Crippen LogP contribution >= 0.6 is 0 Å². The molecule has 0 fully saturated rings. The first-order chi connectivity index (χ1) is 9.78. The minimum absolute atomic E-state index is 0.0659. The van der Waals surface area contributed by atoms with Crippen molar-refractivity contribution < 1.29 is 22.7 Å². The number of nitrogens with zero attached hydrogens (tertiary/aromatic N) is 2. The summed E-state index contributed by atoms with van der Waals surface area (Å²) in [5.41, 5.74) is 0.184. The predicted molar refractivity (Wildman–Crippen MR) is 74.6 cm³/mol. The van der Waals surface area contributed by atoms with Crippen LogP contribution in [0.15, 0.2) is 23.1 Å². The van der Waals surface area contributed by atoms with Crippen molar-refractivity contribution in [2.45, 2.75) is 4.90 Å². The fourth-order valence-corrected chi connectivity index (χ4v) is 3.62. The van der Waals surface area contributed by atoms with Crippen molar-refractivity contribution in [3.05, 3.63) is 29.3 Å². The van der Waals surface area contributed by atoms with E-state index in [2.05, 4.69) is 4.74 Å². The number of carbonyl (C=O) groups is 2. The van der Waals surface area contributed by atoms with Gasteiger partial charge >= 0.3 is 5.97 Å². The van der Waals surface area contributed by atoms with Crippen molar-refractivity contribution in [3.63, 3.8) is 0 Å². The minimum Gasteiger partial charge on any atom is -0.465 e. The number of methoxy groups -OCH3 is 1. The number of amides is 1. The Morgan fingerprint density at radius 3 is 2.57 bits per heavy atom. The lowest BCUT2D eigenvalue weighted by Crippen LogP contribution is -2.36. The highest BCUT2D eigenvalue weighted by Crippen LogP contribution is 2.30. The second-order valence-corrected chi connectivity index (χ2v) is 6.72. The van der Waals surface area contributed by atoms with Gasteiger partial charge in [-0.05, 0) is 32.3 Å². The van der Waals surface area contributed by atoms with Gasteiger partial charge in [0.05, 0.1) is 24.8 Å². The molecule has 0 N–H and O–H groups in total. The van der Waals surface area contributed by atoms with Crippen molar-refractivity contribution in [1.82, 2.24) is 9.21 Å². The number of ether oxygens (including phenoxy) is 1. The number of carbonyl (C=O) groups excluding carboxylic acids is 2. The van der Waals surface area contributed by atoms with Crippen LogP contribution < -0.4 is 0 Å². The number of hydrogen-bond donors (Lipinski definition) is 0. The van der Waals surface area contributed by atoms with Crippen LogP contribution in [0.3, 0.4) is 0 Å². The molecule has 1 aromatic carbocycles. The molecule has 0 saturated heterocycles. The summed E-state index contributed by atoms with van der Waals surface area (Å²) in [5, 5.41) is 0. The summed E-state index contributed by atoms with van der Waals surface area (Å²) in [6.07, 6.45) is 0. The van der Waals surface area contributed by atoms with Gasteiger partial charge in [0.1, 0.15) is 4.90 Å². The zero-order valence-electron chi connectivity index (χ0n) is 12.0. The third-order valence-electron chi connectivity index (χ3n) is 3.18. The molecular weight excluding hydrogens is 296 g/mol. The Morgan fingerprint density at radius 1 is 1.33 bits per heavy atom. The zero-order valence-corrected chi connectivity index (χ0v) is 12.8. The summed E-state index contributed by atoms with van der Waals surface area (Å²) in [4.78, 5) is 25.3. The molecule has 0 aromatic heterocycles. The highest BCUT2D eigenvalue weighted by Gasteiger charge is 2.41. The Bertz CT molecular complexity index is 697. The molecule has 7 nitrogen and oxygen atoms in total. The van der Waals surface area contributed by atoms with Gasteiger partial charge in [-0.15, -0.1) is 0 Å². The van der Waals surface area contributed by atoms with Crippen LogP contribution in [0, 0.1) is 0 Å². The fourth-order valence-electron chi connectivity index (χ4n) is 2.03. The van der Waals surface area contributed by atoms with E-state index in [0.717, 1.165) is 4.31 Å². The summed E-state index contributed by atoms with van der Waals surface area (Å²) in [7, 11) is 0.876. The molecule has 1 heterocycles. The van der Waals surface area contributed by atoms with Gasteiger partial charge in [-0.2, -0.15) is 0 Å². The molecule has 2 rings (SSSR count). The minimum atomic E-state index is -3.91. The molecule has 114 valence electrons. The maximum atomic E-state index is 12.4. The number of benzene rings is 1. The first-order valence-corrected chi connectivity index (χ1v) is 7.67. The standard InChI is InChI=1S/C13H16N2O5S/c1-14(2)6-7-15-12(16)10-5-4-9(13(17)20-3)8-11(10)21(15,18)19/h4-5,8H,6-7H2,1-3H3. The van der Waals surface area contributed by atoms with E-state index in [-0.39, 0.29) is 22.6 Å². The quantitative estimate of drug-likeness (QED) is 0.737. The molecule has 1 aromatic rings. The average Bonchev–Trinajstić information content (AvgIpc) is 2.63. The number of rotatable bonds is 4. The van der Waals surface area contributed by atoms with E-state index in [1.165, 1.54) is 25.3 Å². The van der Waals surface area contributed by atoms with Gasteiger partial charge < -0.3 is 9.64 Å². The Balaban J connectivity index is 2.43. The first-order valence-electron chi connectivity index (χ1n) is 6.23. The van der Waals surface area contributed by atoms with Crippen molar-refractivity contribution in [3.8, 4) is 0 Å². The number of likely N-dealkylation sites (N-methyl/N-ethyl adjacent to an activating group) is 1. The van der Waals surface area contributed by atoms with E-state index in [1.807, 2.05) is 0 Å². The summed E-state index contributed by atoms with van der Waals surface area (Å²) in [6, 6.07) is 3.91. The zero-order chi connectivity index (χ0) is 15.8. The number of fused-ring (bicyclic) bond motifs is 1. The molecule has 0 radical (unpaired) electrons. The van der Waals surface area contributed by atoms with Crippen LogP contribution in [0.5, 0.6) is 0 Å². The summed E-state index contributed by atoms with van der Waals surface area (Å²) in [5.74, 6) is -1.21. The lowest BCUT2D eigenvalue weighted by molar-refractivity contribution is 0.0600. The summed E-state index contributed by atoms with van der Waals surface area (Å²) >= 11 is 0. The highest BCUT2D eigenvalue weighted by atomic mass is 32.2. The lowest BCUT2D eigenvalue weighted by Gasteiger charge is -2.17. The molecule has 1 aliphatic heterocycles. The molecule has 0 atom stereocenters. The third kappa shape index (κ3) is 2.64. The molecule has 1 aliphatic rings. The van der Waals surface area contributed by atoms with Crippen LogP contribution in [0.25, 0.3) is 0 Å². The van der Waals surface area contributed by atoms with Gasteiger partial charge in [-0.3, -0.25) is 4.79 Å². The van der Waals surface area contributed by atoms with Gasteiger partial charge in [0.2, 0.25) is 0 Å². The second kappa shape index (κ2) is 5.45. The summed E-state index contributed by atoms with van der Waals surface area (Å²) < 4.78 is 30.2. The monoisotopic (exact) mass is 312 g/mol.